The summed E-state index contributed by atoms with van der Waals surface area (Å²) in [7, 11) is 0. The molecule has 1 aromatic heterocycles. The van der Waals surface area contributed by atoms with Crippen LogP contribution in [0.1, 0.15) is 50.5 Å². The van der Waals surface area contributed by atoms with Crippen molar-refractivity contribution < 1.29 is 4.79 Å². The smallest absolute Gasteiger partial charge is 0.269 e. The molecule has 1 atom stereocenters. The number of pyridine rings is 1. The molecule has 0 saturated carbocycles. The largest absolute Gasteiger partial charge is 0.371 e. The van der Waals surface area contributed by atoms with E-state index in [4.69, 9.17) is 0 Å². The van der Waals surface area contributed by atoms with Crippen molar-refractivity contribution in [2.45, 2.75) is 40.0 Å². The molecule has 1 fully saturated rings. The van der Waals surface area contributed by atoms with Gasteiger partial charge in [-0.25, -0.2) is 0 Å². The van der Waals surface area contributed by atoms with Gasteiger partial charge in [0.1, 0.15) is 5.69 Å². The van der Waals surface area contributed by atoms with E-state index >= 15 is 0 Å². The average Bonchev–Trinajstić information content (AvgIpc) is 2.47. The summed E-state index contributed by atoms with van der Waals surface area (Å²) in [6, 6.07) is 3.92. The molecule has 0 spiro atoms. The van der Waals surface area contributed by atoms with Crippen LogP contribution in [0.2, 0.25) is 0 Å². The maximum Gasteiger partial charge on any atom is 0.269 e. The van der Waals surface area contributed by atoms with Crippen LogP contribution in [-0.2, 0) is 0 Å². The van der Waals surface area contributed by atoms with Crippen molar-refractivity contribution in [3.8, 4) is 0 Å². The van der Waals surface area contributed by atoms with Gasteiger partial charge in [-0.15, -0.1) is 0 Å². The van der Waals surface area contributed by atoms with Gasteiger partial charge in [0.05, 0.1) is 0 Å². The molecule has 1 unspecified atom stereocenters. The predicted molar refractivity (Wildman–Crippen MR) is 86.6 cm³/mol. The third-order valence-corrected chi connectivity index (χ3v) is 4.01. The van der Waals surface area contributed by atoms with Gasteiger partial charge in [0, 0.05) is 31.5 Å². The van der Waals surface area contributed by atoms with Gasteiger partial charge in [0.25, 0.3) is 5.91 Å². The van der Waals surface area contributed by atoms with Crippen LogP contribution in [0, 0.1) is 11.8 Å². The topological polar surface area (TPSA) is 45.2 Å². The number of carbonyl (C=O) groups excluding carboxylic acids is 1. The van der Waals surface area contributed by atoms with Gasteiger partial charge >= 0.3 is 0 Å². The summed E-state index contributed by atoms with van der Waals surface area (Å²) in [5.41, 5.74) is 1.64. The molecule has 0 aliphatic carbocycles. The second-order valence-electron chi connectivity index (χ2n) is 6.53. The van der Waals surface area contributed by atoms with Crippen LogP contribution in [0.3, 0.4) is 0 Å². The monoisotopic (exact) mass is 289 g/mol. The molecule has 1 aliphatic heterocycles. The Balaban J connectivity index is 1.98. The first-order chi connectivity index (χ1) is 10.1. The predicted octanol–water partition coefficient (Wildman–Crippen LogP) is 3.09. The molecule has 1 N–H and O–H groups in total. The molecule has 116 valence electrons. The summed E-state index contributed by atoms with van der Waals surface area (Å²) >= 11 is 0. The Labute approximate surface area is 127 Å². The summed E-state index contributed by atoms with van der Waals surface area (Å²) in [6.07, 6.45) is 5.25. The van der Waals surface area contributed by atoms with Crippen molar-refractivity contribution >= 4 is 11.6 Å². The molecule has 1 aliphatic rings. The summed E-state index contributed by atoms with van der Waals surface area (Å²) in [4.78, 5) is 18.7. The molecular weight excluding hydrogens is 262 g/mol. The molecule has 1 aromatic rings. The number of hydrogen-bond acceptors (Lipinski definition) is 3. The zero-order chi connectivity index (χ0) is 15.2. The second-order valence-corrected chi connectivity index (χ2v) is 6.53. The number of amides is 1. The van der Waals surface area contributed by atoms with Crippen molar-refractivity contribution in [1.82, 2.24) is 10.3 Å². The number of hydrogen-bond donors (Lipinski definition) is 1. The first-order valence-corrected chi connectivity index (χ1v) is 8.05. The van der Waals surface area contributed by atoms with Crippen LogP contribution in [0.15, 0.2) is 18.3 Å². The maximum atomic E-state index is 12.1. The molecule has 0 bridgehead atoms. The average molecular weight is 289 g/mol. The van der Waals surface area contributed by atoms with Crippen LogP contribution >= 0.6 is 0 Å². The Morgan fingerprint density at radius 1 is 1.52 bits per heavy atom. The normalized spacial score (nSPS) is 18.9. The van der Waals surface area contributed by atoms with E-state index in [1.165, 1.54) is 12.8 Å². The minimum absolute atomic E-state index is 0.0671. The summed E-state index contributed by atoms with van der Waals surface area (Å²) < 4.78 is 0. The highest BCUT2D eigenvalue weighted by molar-refractivity contribution is 5.93. The fraction of sp³-hybridized carbons (Fsp3) is 0.647. The quantitative estimate of drug-likeness (QED) is 0.906. The fourth-order valence-electron chi connectivity index (χ4n) is 2.73. The van der Waals surface area contributed by atoms with Crippen LogP contribution in [0.4, 0.5) is 5.69 Å². The number of carbonyl (C=O) groups is 1. The van der Waals surface area contributed by atoms with Gasteiger partial charge in [-0.3, -0.25) is 9.78 Å². The molecule has 4 nitrogen and oxygen atoms in total. The van der Waals surface area contributed by atoms with Crippen LogP contribution in [-0.4, -0.2) is 30.5 Å². The first-order valence-electron chi connectivity index (χ1n) is 8.05. The van der Waals surface area contributed by atoms with Gasteiger partial charge < -0.3 is 10.2 Å². The molecule has 2 rings (SSSR count). The van der Waals surface area contributed by atoms with E-state index in [1.807, 2.05) is 12.1 Å². The molecule has 2 heterocycles. The lowest BCUT2D eigenvalue weighted by molar-refractivity contribution is 0.0947. The van der Waals surface area contributed by atoms with E-state index in [1.54, 1.807) is 6.20 Å². The van der Waals surface area contributed by atoms with E-state index in [-0.39, 0.29) is 5.91 Å². The lowest BCUT2D eigenvalue weighted by Gasteiger charge is -2.32. The molecule has 21 heavy (non-hydrogen) atoms. The van der Waals surface area contributed by atoms with Gasteiger partial charge in [0.2, 0.25) is 0 Å². The maximum absolute atomic E-state index is 12.1. The van der Waals surface area contributed by atoms with Crippen molar-refractivity contribution in [2.75, 3.05) is 24.5 Å². The number of nitrogens with zero attached hydrogens (tertiary/aromatic N) is 2. The number of piperidine rings is 1. The minimum atomic E-state index is -0.0671. The van der Waals surface area contributed by atoms with Gasteiger partial charge in [0.15, 0.2) is 0 Å². The molecule has 1 amide bonds. The van der Waals surface area contributed by atoms with Crippen LogP contribution < -0.4 is 10.2 Å². The van der Waals surface area contributed by atoms with Crippen LogP contribution in [0.25, 0.3) is 0 Å². The summed E-state index contributed by atoms with van der Waals surface area (Å²) in [5.74, 6) is 1.25. The van der Waals surface area contributed by atoms with E-state index in [0.717, 1.165) is 31.1 Å². The molecule has 0 aromatic carbocycles. The number of anilines is 1. The second kappa shape index (κ2) is 7.43. The standard InChI is InChI=1S/C17H27N3O/c1-13(2)6-8-19-17(21)16-11-15(7-9-18-16)20-10-4-5-14(3)12-20/h7,9,11,13-14H,4-6,8,10,12H2,1-3H3,(H,19,21). The SMILES string of the molecule is CC(C)CCNC(=O)c1cc(N2CCCC(C)C2)ccn1. The Hall–Kier alpha value is -1.58. The number of nitrogens with one attached hydrogen (secondary N) is 1. The van der Waals surface area contributed by atoms with E-state index < -0.39 is 0 Å². The molecule has 4 heteroatoms. The highest BCUT2D eigenvalue weighted by atomic mass is 16.1. The third kappa shape index (κ3) is 4.73. The van der Waals surface area contributed by atoms with Gasteiger partial charge in [-0.1, -0.05) is 20.8 Å². The van der Waals surface area contributed by atoms with Gasteiger partial charge in [-0.2, -0.15) is 0 Å². The van der Waals surface area contributed by atoms with Crippen molar-refractivity contribution in [2.24, 2.45) is 11.8 Å². The van der Waals surface area contributed by atoms with Crippen molar-refractivity contribution in [3.63, 3.8) is 0 Å². The van der Waals surface area contributed by atoms with Crippen molar-refractivity contribution in [1.29, 1.82) is 0 Å². The number of aromatic nitrogens is 1. The lowest BCUT2D eigenvalue weighted by Crippen LogP contribution is -2.34. The van der Waals surface area contributed by atoms with Gasteiger partial charge in [-0.05, 0) is 43.2 Å². The zero-order valence-corrected chi connectivity index (χ0v) is 13.4. The Morgan fingerprint density at radius 2 is 2.33 bits per heavy atom. The fourth-order valence-corrected chi connectivity index (χ4v) is 2.73. The van der Waals surface area contributed by atoms with E-state index in [2.05, 4.69) is 36.0 Å². The Bertz CT molecular complexity index is 473. The highest BCUT2D eigenvalue weighted by Crippen LogP contribution is 2.22. The third-order valence-electron chi connectivity index (χ3n) is 4.01. The summed E-state index contributed by atoms with van der Waals surface area (Å²) in [6.45, 7) is 9.45. The highest BCUT2D eigenvalue weighted by Gasteiger charge is 2.18. The van der Waals surface area contributed by atoms with E-state index in [0.29, 0.717) is 18.2 Å². The van der Waals surface area contributed by atoms with Crippen molar-refractivity contribution in [3.05, 3.63) is 24.0 Å². The Kier molecular flexibility index (Phi) is 5.59. The molecule has 1 saturated heterocycles. The zero-order valence-electron chi connectivity index (χ0n) is 13.4. The first kappa shape index (κ1) is 15.8. The number of rotatable bonds is 5. The molecular formula is C17H27N3O. The lowest BCUT2D eigenvalue weighted by atomic mass is 10.00. The molecule has 0 radical (unpaired) electrons. The van der Waals surface area contributed by atoms with E-state index in [9.17, 15) is 4.79 Å². The van der Waals surface area contributed by atoms with Crippen LogP contribution in [0.5, 0.6) is 0 Å². The summed E-state index contributed by atoms with van der Waals surface area (Å²) in [5, 5.41) is 2.95. The minimum Gasteiger partial charge on any atom is -0.371 e. The Morgan fingerprint density at radius 3 is 3.05 bits per heavy atom.